The molecular formula is C46H27NO2S. The van der Waals surface area contributed by atoms with E-state index in [-0.39, 0.29) is 0 Å². The van der Waals surface area contributed by atoms with Crippen molar-refractivity contribution in [3.63, 3.8) is 0 Å². The smallest absolute Gasteiger partial charge is 0.137 e. The van der Waals surface area contributed by atoms with Crippen molar-refractivity contribution in [1.29, 1.82) is 0 Å². The Hall–Kier alpha value is -6.36. The van der Waals surface area contributed by atoms with Gasteiger partial charge in [0.25, 0.3) is 0 Å². The predicted molar refractivity (Wildman–Crippen MR) is 212 cm³/mol. The van der Waals surface area contributed by atoms with Crippen LogP contribution >= 0.6 is 11.3 Å². The normalized spacial score (nSPS) is 12.0. The molecule has 0 amide bonds. The number of furan rings is 2. The van der Waals surface area contributed by atoms with Crippen LogP contribution in [0.25, 0.3) is 85.9 Å². The molecular weight excluding hydrogens is 631 g/mol. The van der Waals surface area contributed by atoms with Gasteiger partial charge in [0.15, 0.2) is 0 Å². The summed E-state index contributed by atoms with van der Waals surface area (Å²) in [5.74, 6) is 0. The molecule has 0 aliphatic rings. The van der Waals surface area contributed by atoms with Gasteiger partial charge in [-0.2, -0.15) is 0 Å². The first-order chi connectivity index (χ1) is 24.8. The number of para-hydroxylation sites is 1. The molecule has 0 N–H and O–H groups in total. The number of rotatable bonds is 4. The van der Waals surface area contributed by atoms with Crippen molar-refractivity contribution in [2.24, 2.45) is 0 Å². The van der Waals surface area contributed by atoms with Crippen molar-refractivity contribution in [2.75, 3.05) is 4.90 Å². The maximum atomic E-state index is 6.68. The molecule has 0 atom stereocenters. The SMILES string of the molecule is c1ccc(-c2ccc(N(c3ccc4c(c3)oc3ccccc34)c3ccc4c(c3)oc3ccc5sc6c7ccccc7ccc6c5c34)cc2)cc1. The van der Waals surface area contributed by atoms with Crippen LogP contribution in [-0.4, -0.2) is 0 Å². The maximum absolute atomic E-state index is 6.68. The Balaban J connectivity index is 1.11. The van der Waals surface area contributed by atoms with Gasteiger partial charge in [0.2, 0.25) is 0 Å². The molecule has 0 unspecified atom stereocenters. The first kappa shape index (κ1) is 27.6. The zero-order valence-corrected chi connectivity index (χ0v) is 27.6. The highest BCUT2D eigenvalue weighted by Gasteiger charge is 2.20. The van der Waals surface area contributed by atoms with Crippen molar-refractivity contribution in [3.8, 4) is 11.1 Å². The maximum Gasteiger partial charge on any atom is 0.137 e. The molecule has 11 aromatic rings. The van der Waals surface area contributed by atoms with E-state index in [1.54, 1.807) is 0 Å². The molecule has 0 saturated carbocycles. The number of thiophene rings is 1. The van der Waals surface area contributed by atoms with E-state index in [9.17, 15) is 0 Å². The highest BCUT2D eigenvalue weighted by Crippen LogP contribution is 2.46. The summed E-state index contributed by atoms with van der Waals surface area (Å²) in [6.45, 7) is 0. The fourth-order valence-electron chi connectivity index (χ4n) is 7.72. The highest BCUT2D eigenvalue weighted by atomic mass is 32.1. The van der Waals surface area contributed by atoms with Crippen LogP contribution in [0, 0.1) is 0 Å². The summed E-state index contributed by atoms with van der Waals surface area (Å²) in [5, 5.41) is 9.63. The van der Waals surface area contributed by atoms with Crippen LogP contribution in [0.3, 0.4) is 0 Å². The molecule has 3 heterocycles. The first-order valence-corrected chi connectivity index (χ1v) is 17.6. The van der Waals surface area contributed by atoms with E-state index in [2.05, 4.69) is 157 Å². The molecule has 0 aliphatic carbocycles. The number of hydrogen-bond acceptors (Lipinski definition) is 4. The van der Waals surface area contributed by atoms with E-state index < -0.39 is 0 Å². The summed E-state index contributed by atoms with van der Waals surface area (Å²) in [7, 11) is 0. The number of anilines is 3. The lowest BCUT2D eigenvalue weighted by Gasteiger charge is -2.25. The van der Waals surface area contributed by atoms with Gasteiger partial charge in [0.05, 0.1) is 0 Å². The standard InChI is InChI=1S/C46H27NO2S/c1-2-8-28(9-3-1)29-14-17-31(18-15-29)47(32-19-22-36-35-12-6-7-13-39(35)48-41(36)26-32)33-20-23-37-42(27-33)49-40-24-25-43-45(44(37)40)38-21-16-30-10-4-5-11-34(30)46(38)50-43/h1-27H. The molecule has 0 radical (unpaired) electrons. The lowest BCUT2D eigenvalue weighted by atomic mass is 10.0. The summed E-state index contributed by atoms with van der Waals surface area (Å²) in [4.78, 5) is 2.29. The van der Waals surface area contributed by atoms with Crippen LogP contribution in [0.2, 0.25) is 0 Å². The fraction of sp³-hybridized carbons (Fsp3) is 0. The van der Waals surface area contributed by atoms with Gasteiger partial charge in [-0.15, -0.1) is 11.3 Å². The third-order valence-corrected chi connectivity index (χ3v) is 11.3. The minimum atomic E-state index is 0.860. The monoisotopic (exact) mass is 657 g/mol. The molecule has 0 spiro atoms. The lowest BCUT2D eigenvalue weighted by molar-refractivity contribution is 0.669. The zero-order valence-electron chi connectivity index (χ0n) is 26.8. The van der Waals surface area contributed by atoms with Crippen molar-refractivity contribution in [2.45, 2.75) is 0 Å². The second-order valence-electron chi connectivity index (χ2n) is 12.9. The Bertz CT molecular complexity index is 3090. The van der Waals surface area contributed by atoms with Crippen molar-refractivity contribution in [3.05, 3.63) is 164 Å². The predicted octanol–water partition coefficient (Wildman–Crippen LogP) is 14.1. The van der Waals surface area contributed by atoms with Gasteiger partial charge in [-0.25, -0.2) is 0 Å². The van der Waals surface area contributed by atoms with Gasteiger partial charge in [-0.05, 0) is 76.5 Å². The van der Waals surface area contributed by atoms with E-state index >= 15 is 0 Å². The second kappa shape index (κ2) is 10.6. The molecule has 0 bridgehead atoms. The Kier molecular flexibility index (Phi) is 5.83. The topological polar surface area (TPSA) is 29.5 Å². The zero-order chi connectivity index (χ0) is 32.8. The van der Waals surface area contributed by atoms with Gasteiger partial charge < -0.3 is 13.7 Å². The van der Waals surface area contributed by atoms with E-state index in [0.717, 1.165) is 55.6 Å². The average Bonchev–Trinajstić information content (AvgIpc) is 3.86. The molecule has 0 aliphatic heterocycles. The summed E-state index contributed by atoms with van der Waals surface area (Å²) >= 11 is 1.86. The Morgan fingerprint density at radius 1 is 0.380 bits per heavy atom. The van der Waals surface area contributed by atoms with E-state index in [1.807, 2.05) is 23.5 Å². The highest BCUT2D eigenvalue weighted by molar-refractivity contribution is 7.27. The molecule has 8 aromatic carbocycles. The summed E-state index contributed by atoms with van der Waals surface area (Å²) in [6, 6.07) is 58.1. The molecule has 50 heavy (non-hydrogen) atoms. The third-order valence-electron chi connectivity index (χ3n) is 10.1. The summed E-state index contributed by atoms with van der Waals surface area (Å²) in [6.07, 6.45) is 0. The second-order valence-corrected chi connectivity index (χ2v) is 13.9. The quantitative estimate of drug-likeness (QED) is 0.189. The molecule has 0 saturated heterocycles. The van der Waals surface area contributed by atoms with E-state index in [0.29, 0.717) is 0 Å². The average molecular weight is 658 g/mol. The lowest BCUT2D eigenvalue weighted by Crippen LogP contribution is -2.09. The van der Waals surface area contributed by atoms with Crippen LogP contribution in [0.5, 0.6) is 0 Å². The van der Waals surface area contributed by atoms with Crippen molar-refractivity contribution < 1.29 is 8.83 Å². The van der Waals surface area contributed by atoms with Crippen LogP contribution in [-0.2, 0) is 0 Å². The number of hydrogen-bond donors (Lipinski definition) is 0. The Labute approximate surface area is 290 Å². The van der Waals surface area contributed by atoms with Gasteiger partial charge in [-0.3, -0.25) is 0 Å². The van der Waals surface area contributed by atoms with Crippen LogP contribution in [0.4, 0.5) is 17.1 Å². The van der Waals surface area contributed by atoms with Gasteiger partial charge in [0.1, 0.15) is 22.3 Å². The summed E-state index contributed by atoms with van der Waals surface area (Å²) < 4.78 is 15.6. The first-order valence-electron chi connectivity index (χ1n) is 16.8. The van der Waals surface area contributed by atoms with Crippen molar-refractivity contribution in [1.82, 2.24) is 0 Å². The molecule has 4 heteroatoms. The van der Waals surface area contributed by atoms with E-state index in [1.165, 1.54) is 47.5 Å². The van der Waals surface area contributed by atoms with Gasteiger partial charge in [-0.1, -0.05) is 97.1 Å². The van der Waals surface area contributed by atoms with Crippen molar-refractivity contribution >= 4 is 103 Å². The molecule has 234 valence electrons. The van der Waals surface area contributed by atoms with Gasteiger partial charge >= 0.3 is 0 Å². The van der Waals surface area contributed by atoms with Crippen LogP contribution in [0.1, 0.15) is 0 Å². The minimum Gasteiger partial charge on any atom is -0.456 e. The molecule has 3 aromatic heterocycles. The molecule has 0 fully saturated rings. The molecule has 3 nitrogen and oxygen atoms in total. The van der Waals surface area contributed by atoms with Crippen LogP contribution in [0.15, 0.2) is 173 Å². The van der Waals surface area contributed by atoms with E-state index in [4.69, 9.17) is 8.83 Å². The number of nitrogens with zero attached hydrogens (tertiary/aromatic N) is 1. The van der Waals surface area contributed by atoms with Gasteiger partial charge in [0, 0.05) is 70.9 Å². The number of fused-ring (bicyclic) bond motifs is 12. The minimum absolute atomic E-state index is 0.860. The third kappa shape index (κ3) is 4.09. The summed E-state index contributed by atoms with van der Waals surface area (Å²) in [5.41, 5.74) is 8.96. The Morgan fingerprint density at radius 3 is 1.84 bits per heavy atom. The number of benzene rings is 8. The molecule has 11 rings (SSSR count). The fourth-order valence-corrected chi connectivity index (χ4v) is 8.97. The Morgan fingerprint density at radius 2 is 1.00 bits per heavy atom. The van der Waals surface area contributed by atoms with Crippen LogP contribution < -0.4 is 4.90 Å². The largest absolute Gasteiger partial charge is 0.456 e.